The van der Waals surface area contributed by atoms with Crippen LogP contribution in [-0.2, 0) is 6.54 Å². The smallest absolute Gasteiger partial charge is 0.251 e. The maximum absolute atomic E-state index is 12.2. The van der Waals surface area contributed by atoms with Gasteiger partial charge in [0, 0.05) is 56.4 Å². The third-order valence-electron chi connectivity index (χ3n) is 4.83. The van der Waals surface area contributed by atoms with E-state index in [1.54, 1.807) is 19.2 Å². The van der Waals surface area contributed by atoms with Crippen molar-refractivity contribution in [3.8, 4) is 5.75 Å². The van der Waals surface area contributed by atoms with E-state index in [0.717, 1.165) is 44.3 Å². The molecule has 168 valence electrons. The van der Waals surface area contributed by atoms with E-state index in [4.69, 9.17) is 16.3 Å². The summed E-state index contributed by atoms with van der Waals surface area (Å²) in [5.41, 5.74) is 1.92. The van der Waals surface area contributed by atoms with Crippen molar-refractivity contribution in [3.05, 3.63) is 64.7 Å². The molecule has 1 saturated heterocycles. The first-order chi connectivity index (χ1) is 13.1. The standard InChI is InChI=1S/C21H26ClN3O2.2ClH.H2O/c1-27-20-4-2-3-18(15-20)21(26)23-9-10-24-11-13-25(14-12-24)16-17-5-7-19(22)8-6-17;;;/h2-8,15H,9-14,16H2,1H3,(H,23,26);2*1H;1H2. The van der Waals surface area contributed by atoms with Crippen LogP contribution in [0.3, 0.4) is 0 Å². The highest BCUT2D eigenvalue weighted by atomic mass is 35.5. The van der Waals surface area contributed by atoms with Gasteiger partial charge >= 0.3 is 0 Å². The highest BCUT2D eigenvalue weighted by Crippen LogP contribution is 2.13. The highest BCUT2D eigenvalue weighted by molar-refractivity contribution is 6.30. The van der Waals surface area contributed by atoms with Gasteiger partial charge in [0.15, 0.2) is 0 Å². The van der Waals surface area contributed by atoms with E-state index in [-0.39, 0.29) is 36.2 Å². The second-order valence-electron chi connectivity index (χ2n) is 6.73. The molecule has 1 heterocycles. The summed E-state index contributed by atoms with van der Waals surface area (Å²) >= 11 is 5.94. The Labute approximate surface area is 195 Å². The number of benzene rings is 2. The normalized spacial score (nSPS) is 13.9. The minimum absolute atomic E-state index is 0. The van der Waals surface area contributed by atoms with Crippen molar-refractivity contribution in [2.45, 2.75) is 6.54 Å². The molecule has 1 amide bonds. The highest BCUT2D eigenvalue weighted by Gasteiger charge is 2.17. The zero-order chi connectivity index (χ0) is 19.1. The fourth-order valence-electron chi connectivity index (χ4n) is 3.21. The Balaban J connectivity index is 0.00000280. The summed E-state index contributed by atoms with van der Waals surface area (Å²) in [5.74, 6) is 0.634. The van der Waals surface area contributed by atoms with E-state index < -0.39 is 0 Å². The zero-order valence-electron chi connectivity index (χ0n) is 17.0. The topological polar surface area (TPSA) is 76.3 Å². The molecule has 9 heteroatoms. The Hall–Kier alpha value is -1.54. The van der Waals surface area contributed by atoms with E-state index in [2.05, 4.69) is 27.2 Å². The van der Waals surface area contributed by atoms with Crippen LogP contribution in [0.15, 0.2) is 48.5 Å². The molecule has 30 heavy (non-hydrogen) atoms. The van der Waals surface area contributed by atoms with Crippen LogP contribution in [0.5, 0.6) is 5.75 Å². The molecule has 6 nitrogen and oxygen atoms in total. The number of hydrogen-bond acceptors (Lipinski definition) is 4. The number of carbonyl (C=O) groups excluding carboxylic acids is 1. The maximum atomic E-state index is 12.2. The second-order valence-corrected chi connectivity index (χ2v) is 7.17. The third kappa shape index (κ3) is 8.68. The molecule has 2 aromatic carbocycles. The molecular weight excluding hydrogens is 449 g/mol. The number of rotatable bonds is 7. The minimum Gasteiger partial charge on any atom is -0.497 e. The van der Waals surface area contributed by atoms with Crippen LogP contribution >= 0.6 is 36.4 Å². The lowest BCUT2D eigenvalue weighted by molar-refractivity contribution is 0.0934. The van der Waals surface area contributed by atoms with Crippen LogP contribution < -0.4 is 10.1 Å². The van der Waals surface area contributed by atoms with Crippen LogP contribution in [0, 0.1) is 0 Å². The molecule has 0 aliphatic carbocycles. The van der Waals surface area contributed by atoms with Gasteiger partial charge in [-0.1, -0.05) is 29.8 Å². The van der Waals surface area contributed by atoms with Crippen molar-refractivity contribution >= 4 is 42.3 Å². The van der Waals surface area contributed by atoms with Crippen LogP contribution in [0.2, 0.25) is 5.02 Å². The summed E-state index contributed by atoms with van der Waals surface area (Å²) < 4.78 is 5.16. The number of piperazine rings is 1. The van der Waals surface area contributed by atoms with Gasteiger partial charge in [-0.05, 0) is 35.9 Å². The lowest BCUT2D eigenvalue weighted by Gasteiger charge is -2.34. The Kier molecular flexibility index (Phi) is 13.7. The van der Waals surface area contributed by atoms with Crippen LogP contribution in [-0.4, -0.2) is 67.6 Å². The quantitative estimate of drug-likeness (QED) is 0.664. The first-order valence-corrected chi connectivity index (χ1v) is 9.63. The van der Waals surface area contributed by atoms with E-state index in [0.29, 0.717) is 17.9 Å². The summed E-state index contributed by atoms with van der Waals surface area (Å²) in [6, 6.07) is 15.3. The van der Waals surface area contributed by atoms with Crippen LogP contribution in [0.4, 0.5) is 0 Å². The molecular formula is C21H30Cl3N3O3. The van der Waals surface area contributed by atoms with Gasteiger partial charge in [0.25, 0.3) is 5.91 Å². The Bertz CT molecular complexity index is 755. The van der Waals surface area contributed by atoms with E-state index >= 15 is 0 Å². The number of hydrogen-bond donors (Lipinski definition) is 1. The first kappa shape index (κ1) is 28.5. The fraction of sp³-hybridized carbons (Fsp3) is 0.381. The van der Waals surface area contributed by atoms with E-state index in [9.17, 15) is 4.79 Å². The monoisotopic (exact) mass is 477 g/mol. The van der Waals surface area contributed by atoms with Crippen molar-refractivity contribution in [3.63, 3.8) is 0 Å². The predicted molar refractivity (Wildman–Crippen MR) is 127 cm³/mol. The lowest BCUT2D eigenvalue weighted by atomic mass is 10.2. The molecule has 0 radical (unpaired) electrons. The van der Waals surface area contributed by atoms with Gasteiger partial charge < -0.3 is 15.5 Å². The molecule has 1 aliphatic rings. The number of ether oxygens (including phenoxy) is 1. The largest absolute Gasteiger partial charge is 0.497 e. The maximum Gasteiger partial charge on any atom is 0.251 e. The molecule has 0 bridgehead atoms. The van der Waals surface area contributed by atoms with Gasteiger partial charge in [-0.15, -0.1) is 24.8 Å². The van der Waals surface area contributed by atoms with E-state index in [1.807, 2.05) is 24.3 Å². The van der Waals surface area contributed by atoms with Gasteiger partial charge in [-0.2, -0.15) is 0 Å². The molecule has 0 aromatic heterocycles. The fourth-order valence-corrected chi connectivity index (χ4v) is 3.34. The molecule has 3 rings (SSSR count). The molecule has 2 aromatic rings. The molecule has 1 aliphatic heterocycles. The number of amides is 1. The molecule has 0 saturated carbocycles. The molecule has 0 spiro atoms. The average molecular weight is 479 g/mol. The van der Waals surface area contributed by atoms with Crippen molar-refractivity contribution in [1.29, 1.82) is 0 Å². The summed E-state index contributed by atoms with van der Waals surface area (Å²) in [5, 5.41) is 3.77. The van der Waals surface area contributed by atoms with Gasteiger partial charge in [0.1, 0.15) is 5.75 Å². The van der Waals surface area contributed by atoms with Gasteiger partial charge in [0.05, 0.1) is 7.11 Å². The van der Waals surface area contributed by atoms with Crippen molar-refractivity contribution in [2.24, 2.45) is 0 Å². The van der Waals surface area contributed by atoms with Gasteiger partial charge in [-0.25, -0.2) is 0 Å². The zero-order valence-corrected chi connectivity index (χ0v) is 19.4. The molecule has 0 unspecified atom stereocenters. The lowest BCUT2D eigenvalue weighted by Crippen LogP contribution is -2.48. The Morgan fingerprint density at radius 2 is 1.67 bits per heavy atom. The third-order valence-corrected chi connectivity index (χ3v) is 5.08. The van der Waals surface area contributed by atoms with Crippen LogP contribution in [0.25, 0.3) is 0 Å². The predicted octanol–water partition coefficient (Wildman–Crippen LogP) is 2.92. The SMILES string of the molecule is COc1cccc(C(=O)NCCN2CCN(Cc3ccc(Cl)cc3)CC2)c1.Cl.Cl.O. The number of methoxy groups -OCH3 is 1. The van der Waals surface area contributed by atoms with E-state index in [1.165, 1.54) is 5.56 Å². The summed E-state index contributed by atoms with van der Waals surface area (Å²) in [6.07, 6.45) is 0. The number of carbonyl (C=O) groups is 1. The molecule has 1 fully saturated rings. The Morgan fingerprint density at radius 1 is 1.03 bits per heavy atom. The second kappa shape index (κ2) is 14.5. The minimum atomic E-state index is -0.0599. The Morgan fingerprint density at radius 3 is 2.30 bits per heavy atom. The van der Waals surface area contributed by atoms with Gasteiger partial charge in [-0.3, -0.25) is 14.6 Å². The number of nitrogens with one attached hydrogen (secondary N) is 1. The van der Waals surface area contributed by atoms with Crippen molar-refractivity contribution < 1.29 is 15.0 Å². The number of halogens is 3. The molecule has 3 N–H and O–H groups in total. The number of nitrogens with zero attached hydrogens (tertiary/aromatic N) is 2. The van der Waals surface area contributed by atoms with Crippen molar-refractivity contribution in [1.82, 2.24) is 15.1 Å². The van der Waals surface area contributed by atoms with Gasteiger partial charge in [0.2, 0.25) is 0 Å². The van der Waals surface area contributed by atoms with Crippen molar-refractivity contribution in [2.75, 3.05) is 46.4 Å². The summed E-state index contributed by atoms with van der Waals surface area (Å²) in [6.45, 7) is 6.57. The summed E-state index contributed by atoms with van der Waals surface area (Å²) in [7, 11) is 1.60. The molecule has 0 atom stereocenters. The average Bonchev–Trinajstić information content (AvgIpc) is 2.71. The first-order valence-electron chi connectivity index (χ1n) is 9.25. The summed E-state index contributed by atoms with van der Waals surface area (Å²) in [4.78, 5) is 17.1. The van der Waals surface area contributed by atoms with Crippen LogP contribution in [0.1, 0.15) is 15.9 Å².